The summed E-state index contributed by atoms with van der Waals surface area (Å²) in [7, 11) is 0. The van der Waals surface area contributed by atoms with Gasteiger partial charge < -0.3 is 5.32 Å². The van der Waals surface area contributed by atoms with Crippen molar-refractivity contribution < 1.29 is 4.39 Å². The van der Waals surface area contributed by atoms with Crippen LogP contribution in [0.3, 0.4) is 0 Å². The first kappa shape index (κ1) is 11.6. The summed E-state index contributed by atoms with van der Waals surface area (Å²) in [6.45, 7) is 2.67. The van der Waals surface area contributed by atoms with Crippen molar-refractivity contribution >= 4 is 33.0 Å². The molecule has 1 aromatic heterocycles. The lowest BCUT2D eigenvalue weighted by Crippen LogP contribution is -1.99. The van der Waals surface area contributed by atoms with Crippen LogP contribution in [0.25, 0.3) is 0 Å². The monoisotopic (exact) mass is 299 g/mol. The number of aryl methyl sites for hydroxylation is 1. The van der Waals surface area contributed by atoms with Gasteiger partial charge in [0.25, 0.3) is 0 Å². The molecule has 0 aliphatic rings. The Hall–Kier alpha value is -0.870. The zero-order valence-corrected chi connectivity index (χ0v) is 11.2. The third-order valence-corrected chi connectivity index (χ3v) is 3.89. The smallest absolute Gasteiger partial charge is 0.123 e. The summed E-state index contributed by atoms with van der Waals surface area (Å²) in [6.07, 6.45) is 0. The van der Waals surface area contributed by atoms with Crippen LogP contribution < -0.4 is 5.32 Å². The van der Waals surface area contributed by atoms with Crippen molar-refractivity contribution in [2.75, 3.05) is 5.32 Å². The number of nitrogens with one attached hydrogen (secondary N) is 1. The molecule has 0 amide bonds. The Morgan fingerprint density at radius 3 is 2.75 bits per heavy atom. The van der Waals surface area contributed by atoms with Crippen LogP contribution in [0, 0.1) is 12.7 Å². The van der Waals surface area contributed by atoms with Gasteiger partial charge in [-0.25, -0.2) is 4.39 Å². The van der Waals surface area contributed by atoms with Crippen LogP contribution in [0.15, 0.2) is 34.1 Å². The van der Waals surface area contributed by atoms with Gasteiger partial charge in [0.1, 0.15) is 5.82 Å². The summed E-state index contributed by atoms with van der Waals surface area (Å²) in [6, 6.07) is 8.87. The molecule has 0 bridgehead atoms. The van der Waals surface area contributed by atoms with Gasteiger partial charge in [-0.1, -0.05) is 0 Å². The fraction of sp³-hybridized carbons (Fsp3) is 0.167. The van der Waals surface area contributed by atoms with Crippen molar-refractivity contribution in [2.45, 2.75) is 13.5 Å². The summed E-state index contributed by atoms with van der Waals surface area (Å²) in [5.41, 5.74) is 1.90. The molecule has 1 heterocycles. The minimum Gasteiger partial charge on any atom is -0.380 e. The standard InChI is InChI=1S/C12H11BrFNS/c1-8-6-9(14)2-4-11(8)15-7-10-3-5-12(13)16-10/h2-6,15H,7H2,1H3. The average molecular weight is 300 g/mol. The van der Waals surface area contributed by atoms with Gasteiger partial charge >= 0.3 is 0 Å². The predicted molar refractivity (Wildman–Crippen MR) is 70.5 cm³/mol. The molecule has 0 aliphatic carbocycles. The fourth-order valence-corrected chi connectivity index (χ4v) is 2.88. The molecule has 1 nitrogen and oxygen atoms in total. The van der Waals surface area contributed by atoms with Crippen LogP contribution in [0.2, 0.25) is 0 Å². The van der Waals surface area contributed by atoms with Crippen molar-refractivity contribution in [2.24, 2.45) is 0 Å². The lowest BCUT2D eigenvalue weighted by Gasteiger charge is -2.08. The second kappa shape index (κ2) is 4.97. The first-order valence-corrected chi connectivity index (χ1v) is 6.50. The maximum absolute atomic E-state index is 12.9. The van der Waals surface area contributed by atoms with E-state index in [2.05, 4.69) is 27.3 Å². The summed E-state index contributed by atoms with van der Waals surface area (Å²) in [4.78, 5) is 1.25. The molecule has 0 unspecified atom stereocenters. The van der Waals surface area contributed by atoms with Crippen molar-refractivity contribution in [3.63, 3.8) is 0 Å². The molecule has 4 heteroatoms. The Bertz CT molecular complexity index is 496. The van der Waals surface area contributed by atoms with E-state index in [1.54, 1.807) is 17.4 Å². The van der Waals surface area contributed by atoms with Crippen LogP contribution in [-0.4, -0.2) is 0 Å². The highest BCUT2D eigenvalue weighted by Crippen LogP contribution is 2.23. The normalized spacial score (nSPS) is 10.4. The quantitative estimate of drug-likeness (QED) is 0.875. The van der Waals surface area contributed by atoms with Crippen LogP contribution in [-0.2, 0) is 6.54 Å². The molecular formula is C12H11BrFNS. The molecule has 2 rings (SSSR count). The summed E-state index contributed by atoms with van der Waals surface area (Å²) >= 11 is 5.12. The Kier molecular flexibility index (Phi) is 3.61. The van der Waals surface area contributed by atoms with Crippen molar-refractivity contribution in [3.05, 3.63) is 50.4 Å². The molecule has 0 spiro atoms. The van der Waals surface area contributed by atoms with Crippen LogP contribution in [0.1, 0.15) is 10.4 Å². The Balaban J connectivity index is 2.04. The number of anilines is 1. The molecule has 0 radical (unpaired) electrons. The van der Waals surface area contributed by atoms with E-state index >= 15 is 0 Å². The van der Waals surface area contributed by atoms with Crippen LogP contribution in [0.4, 0.5) is 10.1 Å². The first-order valence-electron chi connectivity index (χ1n) is 4.89. The Morgan fingerprint density at radius 1 is 1.31 bits per heavy atom. The van der Waals surface area contributed by atoms with Crippen molar-refractivity contribution in [1.82, 2.24) is 0 Å². The zero-order chi connectivity index (χ0) is 11.5. The molecule has 0 fully saturated rings. The second-order valence-corrected chi connectivity index (χ2v) is 6.07. The molecule has 0 saturated carbocycles. The fourth-order valence-electron chi connectivity index (χ4n) is 1.45. The first-order chi connectivity index (χ1) is 7.65. The molecule has 16 heavy (non-hydrogen) atoms. The van der Waals surface area contributed by atoms with Gasteiger partial charge in [-0.3, -0.25) is 0 Å². The average Bonchev–Trinajstić information content (AvgIpc) is 2.63. The highest BCUT2D eigenvalue weighted by molar-refractivity contribution is 9.11. The van der Waals surface area contributed by atoms with Gasteiger partial charge in [0.05, 0.1) is 3.79 Å². The molecule has 84 valence electrons. The Labute approximate surface area is 106 Å². The lowest BCUT2D eigenvalue weighted by molar-refractivity contribution is 0.627. The highest BCUT2D eigenvalue weighted by atomic mass is 79.9. The maximum Gasteiger partial charge on any atom is 0.123 e. The van der Waals surface area contributed by atoms with E-state index in [4.69, 9.17) is 0 Å². The van der Waals surface area contributed by atoms with Gasteiger partial charge in [-0.2, -0.15) is 0 Å². The number of hydrogen-bond donors (Lipinski definition) is 1. The summed E-state index contributed by atoms with van der Waals surface area (Å²) in [5.74, 6) is -0.193. The number of thiophene rings is 1. The zero-order valence-electron chi connectivity index (χ0n) is 8.76. The molecule has 1 aromatic carbocycles. The maximum atomic E-state index is 12.9. The molecule has 1 N–H and O–H groups in total. The van der Waals surface area contributed by atoms with Gasteiger partial charge in [0, 0.05) is 17.1 Å². The third kappa shape index (κ3) is 2.83. The molecular weight excluding hydrogens is 289 g/mol. The van der Waals surface area contributed by atoms with E-state index in [-0.39, 0.29) is 5.82 Å². The van der Waals surface area contributed by atoms with Crippen molar-refractivity contribution in [3.8, 4) is 0 Å². The minimum atomic E-state index is -0.193. The number of halogens is 2. The number of rotatable bonds is 3. The SMILES string of the molecule is Cc1cc(F)ccc1NCc1ccc(Br)s1. The largest absolute Gasteiger partial charge is 0.380 e. The summed E-state index contributed by atoms with van der Waals surface area (Å²) < 4.78 is 14.0. The Morgan fingerprint density at radius 2 is 2.12 bits per heavy atom. The molecule has 0 atom stereocenters. The van der Waals surface area contributed by atoms with E-state index in [1.165, 1.54) is 17.0 Å². The van der Waals surface area contributed by atoms with Gasteiger partial charge in [0.15, 0.2) is 0 Å². The van der Waals surface area contributed by atoms with Gasteiger partial charge in [0.2, 0.25) is 0 Å². The summed E-state index contributed by atoms with van der Waals surface area (Å²) in [5, 5.41) is 3.29. The molecule has 0 saturated heterocycles. The van der Waals surface area contributed by atoms with Crippen LogP contribution >= 0.6 is 27.3 Å². The van der Waals surface area contributed by atoms with Gasteiger partial charge in [-0.15, -0.1) is 11.3 Å². The van der Waals surface area contributed by atoms with E-state index in [1.807, 2.05) is 13.0 Å². The number of hydrogen-bond acceptors (Lipinski definition) is 2. The van der Waals surface area contributed by atoms with E-state index < -0.39 is 0 Å². The highest BCUT2D eigenvalue weighted by Gasteiger charge is 2.01. The van der Waals surface area contributed by atoms with E-state index in [0.29, 0.717) is 0 Å². The van der Waals surface area contributed by atoms with E-state index in [9.17, 15) is 4.39 Å². The topological polar surface area (TPSA) is 12.0 Å². The second-order valence-electron chi connectivity index (χ2n) is 3.52. The van der Waals surface area contributed by atoms with Gasteiger partial charge in [-0.05, 0) is 58.7 Å². The number of benzene rings is 1. The van der Waals surface area contributed by atoms with E-state index in [0.717, 1.165) is 21.6 Å². The predicted octanol–water partition coefficient (Wildman–Crippen LogP) is 4.57. The van der Waals surface area contributed by atoms with Crippen LogP contribution in [0.5, 0.6) is 0 Å². The minimum absolute atomic E-state index is 0.193. The molecule has 2 aromatic rings. The third-order valence-electron chi connectivity index (χ3n) is 2.27. The molecule has 0 aliphatic heterocycles. The van der Waals surface area contributed by atoms with Crippen molar-refractivity contribution in [1.29, 1.82) is 0 Å². The lowest BCUT2D eigenvalue weighted by atomic mass is 10.2.